The molecule has 4 rings (SSSR count). The number of piperazine rings is 1. The monoisotopic (exact) mass is 550 g/mol. The standard InChI is InChI=1S/C27H26Cl4N2O2/c28-22-6-2-19(3-7-22)26(20-4-8-23(29)9-5-20)35-15-1-10-32-11-13-33(14-12-32)27(34)21-16-24(30)18-25(31)17-21/h2-9,16-18,26H,1,10-15H2. The Labute approximate surface area is 226 Å². The molecular weight excluding hydrogens is 526 g/mol. The summed E-state index contributed by atoms with van der Waals surface area (Å²) in [6.07, 6.45) is 0.693. The predicted octanol–water partition coefficient (Wildman–Crippen LogP) is 7.25. The van der Waals surface area contributed by atoms with E-state index < -0.39 is 0 Å². The molecular formula is C27H26Cl4N2O2. The smallest absolute Gasteiger partial charge is 0.254 e. The van der Waals surface area contributed by atoms with Gasteiger partial charge < -0.3 is 9.64 Å². The minimum Gasteiger partial charge on any atom is -0.369 e. The average Bonchev–Trinajstić information content (AvgIpc) is 2.85. The van der Waals surface area contributed by atoms with Gasteiger partial charge in [-0.2, -0.15) is 0 Å². The number of halogens is 4. The van der Waals surface area contributed by atoms with Gasteiger partial charge in [0.1, 0.15) is 6.10 Å². The maximum absolute atomic E-state index is 12.8. The highest BCUT2D eigenvalue weighted by Gasteiger charge is 2.23. The molecule has 184 valence electrons. The predicted molar refractivity (Wildman–Crippen MR) is 144 cm³/mol. The first kappa shape index (κ1) is 26.3. The van der Waals surface area contributed by atoms with Gasteiger partial charge in [0.2, 0.25) is 0 Å². The second kappa shape index (κ2) is 12.4. The molecule has 1 amide bonds. The Balaban J connectivity index is 1.27. The van der Waals surface area contributed by atoms with Crippen molar-refractivity contribution in [2.24, 2.45) is 0 Å². The summed E-state index contributed by atoms with van der Waals surface area (Å²) < 4.78 is 6.32. The zero-order valence-electron chi connectivity index (χ0n) is 19.1. The molecule has 0 bridgehead atoms. The number of amides is 1. The highest BCUT2D eigenvalue weighted by Crippen LogP contribution is 2.28. The summed E-state index contributed by atoms with van der Waals surface area (Å²) in [6, 6.07) is 20.4. The minimum atomic E-state index is -0.191. The van der Waals surface area contributed by atoms with Gasteiger partial charge in [-0.15, -0.1) is 0 Å². The molecule has 1 aliphatic heterocycles. The molecule has 0 radical (unpaired) electrons. The molecule has 0 N–H and O–H groups in total. The van der Waals surface area contributed by atoms with Crippen molar-refractivity contribution in [2.75, 3.05) is 39.3 Å². The van der Waals surface area contributed by atoms with E-state index in [9.17, 15) is 4.79 Å². The van der Waals surface area contributed by atoms with Crippen LogP contribution in [-0.2, 0) is 4.74 Å². The van der Waals surface area contributed by atoms with Gasteiger partial charge in [-0.1, -0.05) is 70.7 Å². The number of benzene rings is 3. The van der Waals surface area contributed by atoms with Crippen LogP contribution in [0.1, 0.15) is 34.0 Å². The van der Waals surface area contributed by atoms with Gasteiger partial charge >= 0.3 is 0 Å². The third-order valence-electron chi connectivity index (χ3n) is 6.02. The van der Waals surface area contributed by atoms with Gasteiger partial charge in [-0.05, 0) is 60.0 Å². The van der Waals surface area contributed by atoms with Crippen LogP contribution in [-0.4, -0.2) is 55.0 Å². The molecule has 1 fully saturated rings. The van der Waals surface area contributed by atoms with E-state index >= 15 is 0 Å². The first-order chi connectivity index (χ1) is 16.9. The summed E-state index contributed by atoms with van der Waals surface area (Å²) in [5, 5.41) is 2.32. The molecule has 0 spiro atoms. The molecule has 0 aromatic heterocycles. The van der Waals surface area contributed by atoms with Crippen molar-refractivity contribution in [3.8, 4) is 0 Å². The van der Waals surface area contributed by atoms with E-state index in [1.54, 1.807) is 18.2 Å². The number of hydrogen-bond acceptors (Lipinski definition) is 3. The first-order valence-electron chi connectivity index (χ1n) is 11.5. The van der Waals surface area contributed by atoms with Gasteiger partial charge in [-0.3, -0.25) is 9.69 Å². The van der Waals surface area contributed by atoms with Gasteiger partial charge in [0.05, 0.1) is 0 Å². The van der Waals surface area contributed by atoms with Crippen LogP contribution in [0.3, 0.4) is 0 Å². The molecule has 0 atom stereocenters. The topological polar surface area (TPSA) is 32.8 Å². The number of carbonyl (C=O) groups excluding carboxylic acids is 1. The maximum atomic E-state index is 12.8. The molecule has 4 nitrogen and oxygen atoms in total. The van der Waals surface area contributed by atoms with Crippen molar-refractivity contribution < 1.29 is 9.53 Å². The zero-order chi connectivity index (χ0) is 24.8. The van der Waals surface area contributed by atoms with Crippen LogP contribution in [0.5, 0.6) is 0 Å². The number of hydrogen-bond donors (Lipinski definition) is 0. The van der Waals surface area contributed by atoms with Crippen LogP contribution >= 0.6 is 46.4 Å². The van der Waals surface area contributed by atoms with Gasteiger partial charge in [-0.25, -0.2) is 0 Å². The summed E-state index contributed by atoms with van der Waals surface area (Å²) in [6.45, 7) is 4.48. The Morgan fingerprint density at radius 2 is 1.26 bits per heavy atom. The Bertz CT molecular complexity index is 1070. The first-order valence-corrected chi connectivity index (χ1v) is 13.0. The van der Waals surface area contributed by atoms with E-state index in [1.807, 2.05) is 53.4 Å². The maximum Gasteiger partial charge on any atom is 0.254 e. The lowest BCUT2D eigenvalue weighted by atomic mass is 10.0. The molecule has 1 aliphatic rings. The van der Waals surface area contributed by atoms with Crippen LogP contribution in [0.25, 0.3) is 0 Å². The summed E-state index contributed by atoms with van der Waals surface area (Å²) in [5.74, 6) is -0.0360. The van der Waals surface area contributed by atoms with Crippen molar-refractivity contribution in [3.05, 3.63) is 104 Å². The number of ether oxygens (including phenoxy) is 1. The molecule has 0 saturated carbocycles. The van der Waals surface area contributed by atoms with E-state index in [4.69, 9.17) is 51.1 Å². The summed E-state index contributed by atoms with van der Waals surface area (Å²) in [7, 11) is 0. The lowest BCUT2D eigenvalue weighted by molar-refractivity contribution is 0.0550. The lowest BCUT2D eigenvalue weighted by Crippen LogP contribution is -2.49. The highest BCUT2D eigenvalue weighted by molar-refractivity contribution is 6.35. The molecule has 0 aliphatic carbocycles. The Kier molecular flexibility index (Phi) is 9.34. The van der Waals surface area contributed by atoms with Gasteiger partial charge in [0, 0.05) is 65.0 Å². The van der Waals surface area contributed by atoms with Crippen molar-refractivity contribution >= 4 is 52.3 Å². The van der Waals surface area contributed by atoms with Crippen LogP contribution in [0.4, 0.5) is 0 Å². The van der Waals surface area contributed by atoms with E-state index in [0.717, 1.165) is 37.2 Å². The third kappa shape index (κ3) is 7.36. The minimum absolute atomic E-state index is 0.0360. The van der Waals surface area contributed by atoms with Crippen molar-refractivity contribution in [2.45, 2.75) is 12.5 Å². The fraction of sp³-hybridized carbons (Fsp3) is 0.296. The number of nitrogens with zero attached hydrogens (tertiary/aromatic N) is 2. The van der Waals surface area contributed by atoms with Crippen LogP contribution in [0.15, 0.2) is 66.7 Å². The van der Waals surface area contributed by atoms with Gasteiger partial charge in [0.25, 0.3) is 5.91 Å². The van der Waals surface area contributed by atoms with Crippen molar-refractivity contribution in [3.63, 3.8) is 0 Å². The molecule has 0 unspecified atom stereocenters. The number of carbonyl (C=O) groups is 1. The molecule has 1 heterocycles. The third-order valence-corrected chi connectivity index (χ3v) is 6.96. The molecule has 1 saturated heterocycles. The second-order valence-corrected chi connectivity index (χ2v) is 10.2. The summed E-state index contributed by atoms with van der Waals surface area (Å²) in [4.78, 5) is 17.0. The molecule has 35 heavy (non-hydrogen) atoms. The largest absolute Gasteiger partial charge is 0.369 e. The van der Waals surface area contributed by atoms with Crippen molar-refractivity contribution in [1.82, 2.24) is 9.80 Å². The van der Waals surface area contributed by atoms with E-state index in [-0.39, 0.29) is 12.0 Å². The Morgan fingerprint density at radius 1 is 0.743 bits per heavy atom. The lowest BCUT2D eigenvalue weighted by Gasteiger charge is -2.35. The van der Waals surface area contributed by atoms with E-state index in [2.05, 4.69) is 4.90 Å². The Hall–Kier alpha value is -1.79. The van der Waals surface area contributed by atoms with Crippen LogP contribution in [0, 0.1) is 0 Å². The normalized spacial score (nSPS) is 14.5. The van der Waals surface area contributed by atoms with E-state index in [1.165, 1.54) is 0 Å². The average molecular weight is 552 g/mol. The van der Waals surface area contributed by atoms with Crippen molar-refractivity contribution in [1.29, 1.82) is 0 Å². The zero-order valence-corrected chi connectivity index (χ0v) is 22.1. The second-order valence-electron chi connectivity index (χ2n) is 8.50. The Morgan fingerprint density at radius 3 is 1.77 bits per heavy atom. The van der Waals surface area contributed by atoms with Crippen LogP contribution in [0.2, 0.25) is 20.1 Å². The fourth-order valence-electron chi connectivity index (χ4n) is 4.18. The molecule has 3 aromatic carbocycles. The SMILES string of the molecule is O=C(c1cc(Cl)cc(Cl)c1)N1CCN(CCCOC(c2ccc(Cl)cc2)c2ccc(Cl)cc2)CC1. The summed E-state index contributed by atoms with van der Waals surface area (Å²) >= 11 is 24.3. The fourth-order valence-corrected chi connectivity index (χ4v) is 4.96. The van der Waals surface area contributed by atoms with Crippen LogP contribution < -0.4 is 0 Å². The highest BCUT2D eigenvalue weighted by atomic mass is 35.5. The molecule has 3 aromatic rings. The summed E-state index contributed by atoms with van der Waals surface area (Å²) in [5.41, 5.74) is 2.62. The number of rotatable bonds is 8. The molecule has 8 heteroatoms. The quantitative estimate of drug-likeness (QED) is 0.276. The van der Waals surface area contributed by atoms with E-state index in [0.29, 0.717) is 45.4 Å². The van der Waals surface area contributed by atoms with Gasteiger partial charge in [0.15, 0.2) is 0 Å².